The van der Waals surface area contributed by atoms with Crippen LogP contribution in [0.1, 0.15) is 15.2 Å². The predicted octanol–water partition coefficient (Wildman–Crippen LogP) is -1.50. The maximum atomic E-state index is 12.1. The highest BCUT2D eigenvalue weighted by Gasteiger charge is 2.20. The molecule has 0 saturated carbocycles. The quantitative estimate of drug-likeness (QED) is 0.571. The van der Waals surface area contributed by atoms with E-state index < -0.39 is 30.8 Å². The van der Waals surface area contributed by atoms with Gasteiger partial charge in [-0.25, -0.2) is 0 Å². The number of aliphatic hydroxyl groups is 1. The molecule has 0 atom stereocenters. The lowest BCUT2D eigenvalue weighted by Crippen LogP contribution is -2.43. The molecule has 1 aromatic rings. The van der Waals surface area contributed by atoms with Gasteiger partial charge in [0.15, 0.2) is 0 Å². The van der Waals surface area contributed by atoms with Gasteiger partial charge < -0.3 is 21.5 Å². The molecule has 0 unspecified atom stereocenters. The smallest absolute Gasteiger partial charge is 0.255 e. The fraction of sp³-hybridized carbons (Fsp3) is 0.250. The molecule has 1 rings (SSSR count). The summed E-state index contributed by atoms with van der Waals surface area (Å²) < 4.78 is 0. The van der Waals surface area contributed by atoms with Gasteiger partial charge in [-0.15, -0.1) is 11.3 Å². The standard InChI is InChI=1S/C12H13N3O4S/c13-10(17)5-15(6-11(14)18)12(19)8-4-9(20-7-8)2-1-3-16/h4,7,16H,3,5-6H2,(H2,13,17)(H2,14,18). The summed E-state index contributed by atoms with van der Waals surface area (Å²) in [4.78, 5) is 35.5. The number of aliphatic hydroxyl groups excluding tert-OH is 1. The molecule has 0 spiro atoms. The summed E-state index contributed by atoms with van der Waals surface area (Å²) in [7, 11) is 0. The Morgan fingerprint density at radius 3 is 2.35 bits per heavy atom. The second kappa shape index (κ2) is 7.28. The van der Waals surface area contributed by atoms with Crippen LogP contribution in [-0.4, -0.2) is 47.4 Å². The number of carbonyl (C=O) groups is 3. The monoisotopic (exact) mass is 295 g/mol. The van der Waals surface area contributed by atoms with Gasteiger partial charge in [0.25, 0.3) is 5.91 Å². The molecule has 0 aliphatic heterocycles. The van der Waals surface area contributed by atoms with Crippen molar-refractivity contribution in [1.29, 1.82) is 0 Å². The molecule has 1 aromatic heterocycles. The Labute approximate surface area is 119 Å². The van der Waals surface area contributed by atoms with E-state index in [0.717, 1.165) is 4.90 Å². The second-order valence-electron chi connectivity index (χ2n) is 3.75. The van der Waals surface area contributed by atoms with Crippen molar-refractivity contribution in [3.05, 3.63) is 21.9 Å². The molecule has 0 aliphatic rings. The number of carbonyl (C=O) groups excluding carboxylic acids is 3. The average Bonchev–Trinajstić information content (AvgIpc) is 2.82. The zero-order valence-electron chi connectivity index (χ0n) is 10.5. The van der Waals surface area contributed by atoms with Crippen LogP contribution in [0.5, 0.6) is 0 Å². The number of nitrogens with two attached hydrogens (primary N) is 2. The zero-order valence-corrected chi connectivity index (χ0v) is 11.3. The van der Waals surface area contributed by atoms with Crippen LogP contribution in [-0.2, 0) is 9.59 Å². The maximum Gasteiger partial charge on any atom is 0.255 e. The fourth-order valence-corrected chi connectivity index (χ4v) is 2.15. The zero-order chi connectivity index (χ0) is 15.1. The Morgan fingerprint density at radius 1 is 1.25 bits per heavy atom. The van der Waals surface area contributed by atoms with Crippen LogP contribution in [0.2, 0.25) is 0 Å². The molecule has 0 aliphatic carbocycles. The summed E-state index contributed by atoms with van der Waals surface area (Å²) in [6.45, 7) is -1.07. The van der Waals surface area contributed by atoms with E-state index in [0.29, 0.717) is 4.88 Å². The summed E-state index contributed by atoms with van der Waals surface area (Å²) in [6.07, 6.45) is 0. The lowest BCUT2D eigenvalue weighted by atomic mass is 10.2. The highest BCUT2D eigenvalue weighted by Crippen LogP contribution is 2.15. The highest BCUT2D eigenvalue weighted by molar-refractivity contribution is 7.10. The number of hydrogen-bond acceptors (Lipinski definition) is 5. The van der Waals surface area contributed by atoms with Crippen LogP contribution < -0.4 is 11.5 Å². The van der Waals surface area contributed by atoms with Crippen molar-refractivity contribution >= 4 is 29.1 Å². The minimum absolute atomic E-state index is 0.278. The van der Waals surface area contributed by atoms with Gasteiger partial charge in [-0.2, -0.15) is 0 Å². The van der Waals surface area contributed by atoms with E-state index in [1.807, 2.05) is 0 Å². The second-order valence-corrected chi connectivity index (χ2v) is 4.66. The van der Waals surface area contributed by atoms with Crippen LogP contribution in [0.15, 0.2) is 11.4 Å². The van der Waals surface area contributed by atoms with Crippen LogP contribution >= 0.6 is 11.3 Å². The van der Waals surface area contributed by atoms with Crippen LogP contribution in [0.4, 0.5) is 0 Å². The van der Waals surface area contributed by atoms with Gasteiger partial charge in [-0.05, 0) is 6.07 Å². The van der Waals surface area contributed by atoms with Gasteiger partial charge in [-0.1, -0.05) is 11.8 Å². The molecule has 20 heavy (non-hydrogen) atoms. The number of rotatable bonds is 5. The van der Waals surface area contributed by atoms with Crippen LogP contribution in [0.3, 0.4) is 0 Å². The molecule has 5 N–H and O–H groups in total. The van der Waals surface area contributed by atoms with Gasteiger partial charge in [0.05, 0.1) is 10.4 Å². The van der Waals surface area contributed by atoms with E-state index >= 15 is 0 Å². The molecule has 0 saturated heterocycles. The molecule has 0 aromatic carbocycles. The van der Waals surface area contributed by atoms with Crippen molar-refractivity contribution in [1.82, 2.24) is 4.90 Å². The summed E-state index contributed by atoms with van der Waals surface area (Å²) in [5.41, 5.74) is 10.3. The van der Waals surface area contributed by atoms with Crippen molar-refractivity contribution < 1.29 is 19.5 Å². The first kappa shape index (κ1) is 15.7. The Hall–Kier alpha value is -2.37. The Kier molecular flexibility index (Phi) is 5.71. The third kappa shape index (κ3) is 4.72. The van der Waals surface area contributed by atoms with Gasteiger partial charge in [0.1, 0.15) is 19.7 Å². The summed E-state index contributed by atoms with van der Waals surface area (Å²) in [6, 6.07) is 1.50. The number of primary amides is 2. The highest BCUT2D eigenvalue weighted by atomic mass is 32.1. The van der Waals surface area contributed by atoms with E-state index in [1.165, 1.54) is 17.4 Å². The summed E-state index contributed by atoms with van der Waals surface area (Å²) in [5, 5.41) is 10.1. The molecular weight excluding hydrogens is 282 g/mol. The Morgan fingerprint density at radius 2 is 1.85 bits per heavy atom. The van der Waals surface area contributed by atoms with Crippen molar-refractivity contribution in [2.45, 2.75) is 0 Å². The maximum absolute atomic E-state index is 12.1. The van der Waals surface area contributed by atoms with Crippen molar-refractivity contribution in [2.75, 3.05) is 19.7 Å². The number of amides is 3. The molecule has 1 heterocycles. The van der Waals surface area contributed by atoms with Crippen LogP contribution in [0, 0.1) is 11.8 Å². The minimum atomic E-state index is -0.741. The number of thiophene rings is 1. The van der Waals surface area contributed by atoms with Crippen LogP contribution in [0.25, 0.3) is 0 Å². The van der Waals surface area contributed by atoms with Gasteiger partial charge in [0, 0.05) is 5.38 Å². The van der Waals surface area contributed by atoms with Crippen molar-refractivity contribution in [3.8, 4) is 11.8 Å². The molecule has 106 valence electrons. The average molecular weight is 295 g/mol. The topological polar surface area (TPSA) is 127 Å². The third-order valence-corrected chi connectivity index (χ3v) is 2.96. The molecule has 8 heteroatoms. The molecule has 0 fully saturated rings. The van der Waals surface area contributed by atoms with E-state index in [9.17, 15) is 14.4 Å². The molecule has 0 bridgehead atoms. The lowest BCUT2D eigenvalue weighted by Gasteiger charge is -2.18. The van der Waals surface area contributed by atoms with E-state index in [4.69, 9.17) is 16.6 Å². The van der Waals surface area contributed by atoms with Crippen molar-refractivity contribution in [2.24, 2.45) is 11.5 Å². The number of hydrogen-bond donors (Lipinski definition) is 3. The summed E-state index contributed by atoms with van der Waals surface area (Å²) >= 11 is 1.21. The fourth-order valence-electron chi connectivity index (χ4n) is 1.40. The van der Waals surface area contributed by atoms with E-state index in [-0.39, 0.29) is 12.2 Å². The molecular formula is C12H13N3O4S. The first-order valence-corrected chi connectivity index (χ1v) is 6.36. The number of nitrogens with zero attached hydrogens (tertiary/aromatic N) is 1. The first-order valence-electron chi connectivity index (χ1n) is 5.48. The Bertz CT molecular complexity index is 569. The molecule has 3 amide bonds. The van der Waals surface area contributed by atoms with E-state index in [1.54, 1.807) is 5.38 Å². The molecule has 0 radical (unpaired) electrons. The molecule has 7 nitrogen and oxygen atoms in total. The SMILES string of the molecule is NC(=O)CN(CC(N)=O)C(=O)c1csc(C#CCO)c1. The van der Waals surface area contributed by atoms with Gasteiger partial charge in [0.2, 0.25) is 11.8 Å². The first-order chi connectivity index (χ1) is 9.43. The van der Waals surface area contributed by atoms with Crippen molar-refractivity contribution in [3.63, 3.8) is 0 Å². The van der Waals surface area contributed by atoms with Gasteiger partial charge in [-0.3, -0.25) is 14.4 Å². The lowest BCUT2D eigenvalue weighted by molar-refractivity contribution is -0.121. The Balaban J connectivity index is 2.90. The summed E-state index contributed by atoms with van der Waals surface area (Å²) in [5.74, 6) is 3.10. The largest absolute Gasteiger partial charge is 0.384 e. The minimum Gasteiger partial charge on any atom is -0.384 e. The predicted molar refractivity (Wildman–Crippen MR) is 72.6 cm³/mol. The normalized spacial score (nSPS) is 9.45. The van der Waals surface area contributed by atoms with Gasteiger partial charge >= 0.3 is 0 Å². The third-order valence-electron chi connectivity index (χ3n) is 2.12. The van der Waals surface area contributed by atoms with E-state index in [2.05, 4.69) is 11.8 Å².